The maximum atomic E-state index is 6.20. The summed E-state index contributed by atoms with van der Waals surface area (Å²) in [6, 6.07) is 12.1. The van der Waals surface area contributed by atoms with E-state index < -0.39 is 0 Å². The molecule has 4 heteroatoms. The molecule has 0 aliphatic carbocycles. The summed E-state index contributed by atoms with van der Waals surface area (Å²) in [5.41, 5.74) is 3.22. The molecule has 0 aliphatic heterocycles. The van der Waals surface area contributed by atoms with Gasteiger partial charge in [-0.2, -0.15) is 0 Å². The van der Waals surface area contributed by atoms with Crippen LogP contribution in [-0.4, -0.2) is 0 Å². The molecule has 0 heterocycles. The number of aryl methyl sites for hydroxylation is 1. The molecule has 1 unspecified atom stereocenters. The van der Waals surface area contributed by atoms with Crippen LogP contribution in [0.2, 0.25) is 10.0 Å². The molecule has 20 heavy (non-hydrogen) atoms. The molecule has 0 radical (unpaired) electrons. The second-order valence-corrected chi connectivity index (χ2v) is 6.44. The van der Waals surface area contributed by atoms with Gasteiger partial charge in [0, 0.05) is 14.5 Å². The minimum Gasteiger partial charge on any atom is -0.377 e. The molecule has 0 aliphatic rings. The summed E-state index contributed by atoms with van der Waals surface area (Å²) >= 11 is 15.8. The summed E-state index contributed by atoms with van der Waals surface area (Å²) in [6.07, 6.45) is 0.957. The number of benzene rings is 2. The van der Waals surface area contributed by atoms with Crippen molar-refractivity contribution in [2.45, 2.75) is 26.3 Å². The van der Waals surface area contributed by atoms with E-state index in [2.05, 4.69) is 34.2 Å². The molecule has 1 atom stereocenters. The first kappa shape index (κ1) is 15.7. The Balaban J connectivity index is 2.29. The van der Waals surface area contributed by atoms with Crippen LogP contribution >= 0.6 is 39.1 Å². The molecule has 1 nitrogen and oxygen atoms in total. The summed E-state index contributed by atoms with van der Waals surface area (Å²) in [7, 11) is 0. The molecule has 0 saturated heterocycles. The third-order valence-electron chi connectivity index (χ3n) is 3.24. The first-order valence-electron chi connectivity index (χ1n) is 6.49. The third-order valence-corrected chi connectivity index (χ3v) is 4.54. The van der Waals surface area contributed by atoms with Gasteiger partial charge in [-0.05, 0) is 64.7 Å². The molecule has 0 aromatic heterocycles. The molecule has 106 valence electrons. The lowest BCUT2D eigenvalue weighted by molar-refractivity contribution is 0.749. The molecule has 1 N–H and O–H groups in total. The Hall–Kier alpha value is -0.700. The van der Waals surface area contributed by atoms with Crippen LogP contribution in [0.4, 0.5) is 5.69 Å². The Morgan fingerprint density at radius 3 is 2.60 bits per heavy atom. The Morgan fingerprint density at radius 2 is 1.95 bits per heavy atom. The summed E-state index contributed by atoms with van der Waals surface area (Å²) in [4.78, 5) is 0. The highest BCUT2D eigenvalue weighted by Crippen LogP contribution is 2.33. The van der Waals surface area contributed by atoms with Crippen molar-refractivity contribution in [2.24, 2.45) is 0 Å². The van der Waals surface area contributed by atoms with Crippen LogP contribution in [0.3, 0.4) is 0 Å². The topological polar surface area (TPSA) is 12.0 Å². The van der Waals surface area contributed by atoms with E-state index in [-0.39, 0.29) is 6.04 Å². The summed E-state index contributed by atoms with van der Waals surface area (Å²) in [5.74, 6) is 0. The van der Waals surface area contributed by atoms with Gasteiger partial charge in [-0.1, -0.05) is 42.3 Å². The lowest BCUT2D eigenvalue weighted by Gasteiger charge is -2.20. The van der Waals surface area contributed by atoms with E-state index in [0.717, 1.165) is 32.2 Å². The van der Waals surface area contributed by atoms with Crippen molar-refractivity contribution in [2.75, 3.05) is 5.32 Å². The van der Waals surface area contributed by atoms with Crippen molar-refractivity contribution in [3.63, 3.8) is 0 Å². The normalized spacial score (nSPS) is 12.2. The molecule has 0 saturated carbocycles. The summed E-state index contributed by atoms with van der Waals surface area (Å²) in [6.45, 7) is 4.13. The number of halogens is 3. The number of hydrogen-bond donors (Lipinski definition) is 1. The SMILES string of the molecule is CCC(Nc1cc(Cl)c(C)cc1Br)c1cccc(Cl)c1. The summed E-state index contributed by atoms with van der Waals surface area (Å²) in [5, 5.41) is 5.03. The van der Waals surface area contributed by atoms with Crippen LogP contribution in [0.1, 0.15) is 30.5 Å². The van der Waals surface area contributed by atoms with E-state index in [4.69, 9.17) is 23.2 Å². The van der Waals surface area contributed by atoms with Crippen LogP contribution in [0.5, 0.6) is 0 Å². The fourth-order valence-electron chi connectivity index (χ4n) is 2.09. The van der Waals surface area contributed by atoms with Crippen molar-refractivity contribution in [3.8, 4) is 0 Å². The van der Waals surface area contributed by atoms with Crippen molar-refractivity contribution < 1.29 is 0 Å². The first-order valence-corrected chi connectivity index (χ1v) is 8.03. The first-order chi connectivity index (χ1) is 9.51. The minimum absolute atomic E-state index is 0.198. The quantitative estimate of drug-likeness (QED) is 0.635. The van der Waals surface area contributed by atoms with Gasteiger partial charge in [0.25, 0.3) is 0 Å². The maximum Gasteiger partial charge on any atom is 0.0512 e. The molecule has 2 aromatic rings. The molecule has 0 bridgehead atoms. The highest BCUT2D eigenvalue weighted by Gasteiger charge is 2.12. The van der Waals surface area contributed by atoms with Gasteiger partial charge in [0.05, 0.1) is 11.7 Å². The van der Waals surface area contributed by atoms with Gasteiger partial charge in [0.15, 0.2) is 0 Å². The highest BCUT2D eigenvalue weighted by molar-refractivity contribution is 9.10. The Bertz CT molecular complexity index is 613. The lowest BCUT2D eigenvalue weighted by atomic mass is 10.0. The van der Waals surface area contributed by atoms with Crippen LogP contribution < -0.4 is 5.32 Å². The van der Waals surface area contributed by atoms with Gasteiger partial charge >= 0.3 is 0 Å². The minimum atomic E-state index is 0.198. The predicted molar refractivity (Wildman–Crippen MR) is 92.0 cm³/mol. The predicted octanol–water partition coefficient (Wildman–Crippen LogP) is 6.63. The largest absolute Gasteiger partial charge is 0.377 e. The van der Waals surface area contributed by atoms with E-state index in [9.17, 15) is 0 Å². The number of nitrogens with one attached hydrogen (secondary N) is 1. The van der Waals surface area contributed by atoms with E-state index in [1.807, 2.05) is 37.3 Å². The third kappa shape index (κ3) is 3.69. The van der Waals surface area contributed by atoms with Gasteiger partial charge in [0.1, 0.15) is 0 Å². The van der Waals surface area contributed by atoms with Crippen molar-refractivity contribution in [1.82, 2.24) is 0 Å². The second-order valence-electron chi connectivity index (χ2n) is 4.74. The van der Waals surface area contributed by atoms with E-state index >= 15 is 0 Å². The van der Waals surface area contributed by atoms with Gasteiger partial charge in [-0.15, -0.1) is 0 Å². The fourth-order valence-corrected chi connectivity index (χ4v) is 3.02. The monoisotopic (exact) mass is 371 g/mol. The molecule has 0 fully saturated rings. The van der Waals surface area contributed by atoms with Gasteiger partial charge < -0.3 is 5.32 Å². The van der Waals surface area contributed by atoms with Crippen LogP contribution in [0.25, 0.3) is 0 Å². The van der Waals surface area contributed by atoms with Crippen LogP contribution in [-0.2, 0) is 0 Å². The van der Waals surface area contributed by atoms with E-state index in [1.54, 1.807) is 0 Å². The molecule has 2 aromatic carbocycles. The molecular formula is C16H16BrCl2N. The van der Waals surface area contributed by atoms with E-state index in [1.165, 1.54) is 5.56 Å². The van der Waals surface area contributed by atoms with E-state index in [0.29, 0.717) is 0 Å². The smallest absolute Gasteiger partial charge is 0.0512 e. The van der Waals surface area contributed by atoms with Gasteiger partial charge in [0.2, 0.25) is 0 Å². The van der Waals surface area contributed by atoms with Crippen LogP contribution in [0, 0.1) is 6.92 Å². The zero-order valence-electron chi connectivity index (χ0n) is 11.4. The molecule has 0 spiro atoms. The Kier molecular flexibility index (Phi) is 5.36. The zero-order valence-corrected chi connectivity index (χ0v) is 14.5. The van der Waals surface area contributed by atoms with Gasteiger partial charge in [-0.25, -0.2) is 0 Å². The second kappa shape index (κ2) is 6.84. The number of anilines is 1. The Morgan fingerprint density at radius 1 is 1.20 bits per heavy atom. The maximum absolute atomic E-state index is 6.20. The van der Waals surface area contributed by atoms with Crippen molar-refractivity contribution in [3.05, 3.63) is 62.0 Å². The highest BCUT2D eigenvalue weighted by atomic mass is 79.9. The number of hydrogen-bond acceptors (Lipinski definition) is 1. The lowest BCUT2D eigenvalue weighted by Crippen LogP contribution is -2.10. The summed E-state index contributed by atoms with van der Waals surface area (Å²) < 4.78 is 1.01. The number of rotatable bonds is 4. The standard InChI is InChI=1S/C16H16BrCl2N/c1-3-15(11-5-4-6-12(18)8-11)20-16-9-14(19)10(2)7-13(16)17/h4-9,15,20H,3H2,1-2H3. The average molecular weight is 373 g/mol. The van der Waals surface area contributed by atoms with Crippen molar-refractivity contribution in [1.29, 1.82) is 0 Å². The molecule has 2 rings (SSSR count). The van der Waals surface area contributed by atoms with Crippen LogP contribution in [0.15, 0.2) is 40.9 Å². The Labute approximate surface area is 138 Å². The fraction of sp³-hybridized carbons (Fsp3) is 0.250. The molecular weight excluding hydrogens is 357 g/mol. The zero-order chi connectivity index (χ0) is 14.7. The van der Waals surface area contributed by atoms with Crippen molar-refractivity contribution >= 4 is 44.8 Å². The molecule has 0 amide bonds. The van der Waals surface area contributed by atoms with Gasteiger partial charge in [-0.3, -0.25) is 0 Å². The average Bonchev–Trinajstić information content (AvgIpc) is 2.41.